The van der Waals surface area contributed by atoms with Gasteiger partial charge in [-0.2, -0.15) is 0 Å². The van der Waals surface area contributed by atoms with Crippen molar-refractivity contribution in [3.63, 3.8) is 0 Å². The van der Waals surface area contributed by atoms with Gasteiger partial charge in [-0.05, 0) is 48.5 Å². The molecule has 0 bridgehead atoms. The number of hydrogen-bond donors (Lipinski definition) is 2. The summed E-state index contributed by atoms with van der Waals surface area (Å²) in [6, 6.07) is 12.1. The van der Waals surface area contributed by atoms with Crippen LogP contribution >= 0.6 is 11.3 Å². The van der Waals surface area contributed by atoms with Gasteiger partial charge in [0.25, 0.3) is 5.91 Å². The Morgan fingerprint density at radius 3 is 2.50 bits per heavy atom. The predicted octanol–water partition coefficient (Wildman–Crippen LogP) is 3.33. The molecular formula is C18H14FN3O3S. The lowest BCUT2D eigenvalue weighted by Gasteiger charge is -2.05. The smallest absolute Gasteiger partial charge is 0.338 e. The molecule has 0 unspecified atom stereocenters. The van der Waals surface area contributed by atoms with Gasteiger partial charge in [0.15, 0.2) is 11.7 Å². The minimum atomic E-state index is -0.619. The van der Waals surface area contributed by atoms with Gasteiger partial charge in [0.05, 0.1) is 11.3 Å². The molecule has 8 heteroatoms. The highest BCUT2D eigenvalue weighted by Gasteiger charge is 2.12. The lowest BCUT2D eigenvalue weighted by atomic mass is 10.2. The third kappa shape index (κ3) is 4.42. The number of aromatic nitrogens is 1. The molecule has 0 fully saturated rings. The van der Waals surface area contributed by atoms with Crippen LogP contribution in [0.15, 0.2) is 53.9 Å². The van der Waals surface area contributed by atoms with E-state index in [1.807, 2.05) is 0 Å². The summed E-state index contributed by atoms with van der Waals surface area (Å²) in [6.45, 7) is -0.436. The summed E-state index contributed by atoms with van der Waals surface area (Å²) in [4.78, 5) is 28.0. The first-order valence-corrected chi connectivity index (χ1v) is 8.43. The molecule has 0 aliphatic carbocycles. The number of nitrogens with two attached hydrogens (primary N) is 1. The van der Waals surface area contributed by atoms with Crippen LogP contribution in [0.5, 0.6) is 0 Å². The summed E-state index contributed by atoms with van der Waals surface area (Å²) in [5.41, 5.74) is 7.73. The van der Waals surface area contributed by atoms with E-state index in [0.717, 1.165) is 5.56 Å². The predicted molar refractivity (Wildman–Crippen MR) is 97.3 cm³/mol. The van der Waals surface area contributed by atoms with Crippen LogP contribution in [-0.4, -0.2) is 23.5 Å². The third-order valence-electron chi connectivity index (χ3n) is 3.37. The summed E-state index contributed by atoms with van der Waals surface area (Å²) >= 11 is 1.22. The number of halogens is 1. The van der Waals surface area contributed by atoms with Crippen LogP contribution in [0, 0.1) is 5.82 Å². The molecule has 26 heavy (non-hydrogen) atoms. The van der Waals surface area contributed by atoms with Crippen LogP contribution in [0.25, 0.3) is 11.3 Å². The number of esters is 1. The van der Waals surface area contributed by atoms with Crippen molar-refractivity contribution in [3.8, 4) is 11.3 Å². The number of rotatable bonds is 5. The number of thiazole rings is 1. The third-order valence-corrected chi connectivity index (χ3v) is 4.13. The molecule has 1 aromatic heterocycles. The summed E-state index contributed by atoms with van der Waals surface area (Å²) in [5.74, 6) is -1.46. The average molecular weight is 371 g/mol. The Bertz CT molecular complexity index is 924. The fraction of sp³-hybridized carbons (Fsp3) is 0.0556. The fourth-order valence-electron chi connectivity index (χ4n) is 2.07. The van der Waals surface area contributed by atoms with Gasteiger partial charge in [0.1, 0.15) is 5.82 Å². The Hall–Kier alpha value is -3.26. The molecule has 0 spiro atoms. The van der Waals surface area contributed by atoms with Gasteiger partial charge in [-0.3, -0.25) is 10.1 Å². The molecule has 2 aromatic carbocycles. The van der Waals surface area contributed by atoms with Crippen molar-refractivity contribution in [3.05, 3.63) is 65.3 Å². The summed E-state index contributed by atoms with van der Waals surface area (Å²) in [5, 5.41) is 4.66. The van der Waals surface area contributed by atoms with E-state index in [0.29, 0.717) is 22.1 Å². The molecule has 0 saturated heterocycles. The topological polar surface area (TPSA) is 94.3 Å². The van der Waals surface area contributed by atoms with E-state index in [1.165, 1.54) is 35.6 Å². The molecule has 1 amide bonds. The van der Waals surface area contributed by atoms with E-state index in [1.54, 1.807) is 29.6 Å². The van der Waals surface area contributed by atoms with Gasteiger partial charge in [-0.1, -0.05) is 0 Å². The van der Waals surface area contributed by atoms with Crippen LogP contribution in [0.4, 0.5) is 15.2 Å². The Balaban J connectivity index is 1.54. The number of hydrogen-bond acceptors (Lipinski definition) is 6. The molecule has 0 radical (unpaired) electrons. The van der Waals surface area contributed by atoms with Gasteiger partial charge < -0.3 is 10.5 Å². The maximum Gasteiger partial charge on any atom is 0.338 e. The zero-order chi connectivity index (χ0) is 18.5. The highest BCUT2D eigenvalue weighted by atomic mass is 32.1. The van der Waals surface area contributed by atoms with Crippen molar-refractivity contribution in [2.75, 3.05) is 17.7 Å². The molecule has 3 rings (SSSR count). The molecule has 1 heterocycles. The monoisotopic (exact) mass is 371 g/mol. The number of amides is 1. The van der Waals surface area contributed by atoms with E-state index in [-0.39, 0.29) is 5.82 Å². The van der Waals surface area contributed by atoms with E-state index in [9.17, 15) is 14.0 Å². The van der Waals surface area contributed by atoms with Crippen molar-refractivity contribution in [2.24, 2.45) is 0 Å². The molecule has 0 aliphatic rings. The normalized spacial score (nSPS) is 10.3. The number of ether oxygens (including phenoxy) is 1. The van der Waals surface area contributed by atoms with Crippen molar-refractivity contribution in [1.82, 2.24) is 4.98 Å². The number of benzene rings is 2. The number of nitrogens with one attached hydrogen (secondary N) is 1. The molecule has 3 N–H and O–H groups in total. The molecule has 132 valence electrons. The minimum Gasteiger partial charge on any atom is -0.452 e. The minimum absolute atomic E-state index is 0.305. The van der Waals surface area contributed by atoms with Crippen molar-refractivity contribution in [2.45, 2.75) is 0 Å². The summed E-state index contributed by atoms with van der Waals surface area (Å²) < 4.78 is 17.9. The second-order valence-corrected chi connectivity index (χ2v) is 6.15. The highest BCUT2D eigenvalue weighted by molar-refractivity contribution is 7.14. The molecule has 6 nitrogen and oxygen atoms in total. The largest absolute Gasteiger partial charge is 0.452 e. The lowest BCUT2D eigenvalue weighted by molar-refractivity contribution is -0.119. The highest BCUT2D eigenvalue weighted by Crippen LogP contribution is 2.24. The molecule has 0 aliphatic heterocycles. The fourth-order valence-corrected chi connectivity index (χ4v) is 2.81. The second kappa shape index (κ2) is 7.75. The number of anilines is 2. The Morgan fingerprint density at radius 1 is 1.12 bits per heavy atom. The van der Waals surface area contributed by atoms with E-state index >= 15 is 0 Å². The molecule has 0 atom stereocenters. The Kier molecular flexibility index (Phi) is 5.23. The molecule has 0 saturated carbocycles. The maximum absolute atomic E-state index is 12.9. The van der Waals surface area contributed by atoms with Gasteiger partial charge in [0.2, 0.25) is 0 Å². The van der Waals surface area contributed by atoms with Crippen LogP contribution in [0.1, 0.15) is 10.4 Å². The SMILES string of the molecule is Nc1ccc(C(=O)OCC(=O)Nc2nc(-c3ccc(F)cc3)cs2)cc1. The van der Waals surface area contributed by atoms with Gasteiger partial charge in [0, 0.05) is 16.6 Å². The van der Waals surface area contributed by atoms with Gasteiger partial charge >= 0.3 is 5.97 Å². The van der Waals surface area contributed by atoms with Crippen molar-refractivity contribution < 1.29 is 18.7 Å². The lowest BCUT2D eigenvalue weighted by Crippen LogP contribution is -2.20. The first-order valence-electron chi connectivity index (χ1n) is 7.55. The van der Waals surface area contributed by atoms with E-state index in [4.69, 9.17) is 10.5 Å². The second-order valence-electron chi connectivity index (χ2n) is 5.29. The van der Waals surface area contributed by atoms with Gasteiger partial charge in [-0.15, -0.1) is 11.3 Å². The van der Waals surface area contributed by atoms with Crippen LogP contribution in [-0.2, 0) is 9.53 Å². The number of nitrogen functional groups attached to an aromatic ring is 1. The van der Waals surface area contributed by atoms with Crippen molar-refractivity contribution >= 4 is 34.0 Å². The van der Waals surface area contributed by atoms with Crippen LogP contribution < -0.4 is 11.1 Å². The quantitative estimate of drug-likeness (QED) is 0.530. The summed E-state index contributed by atoms with van der Waals surface area (Å²) in [6.07, 6.45) is 0. The van der Waals surface area contributed by atoms with Crippen LogP contribution in [0.2, 0.25) is 0 Å². The summed E-state index contributed by atoms with van der Waals surface area (Å²) in [7, 11) is 0. The maximum atomic E-state index is 12.9. The zero-order valence-corrected chi connectivity index (χ0v) is 14.3. The molecule has 3 aromatic rings. The van der Waals surface area contributed by atoms with Gasteiger partial charge in [-0.25, -0.2) is 14.2 Å². The van der Waals surface area contributed by atoms with Crippen LogP contribution in [0.3, 0.4) is 0 Å². The van der Waals surface area contributed by atoms with Crippen molar-refractivity contribution in [1.29, 1.82) is 0 Å². The number of carbonyl (C=O) groups is 2. The zero-order valence-electron chi connectivity index (χ0n) is 13.4. The number of carbonyl (C=O) groups excluding carboxylic acids is 2. The van der Waals surface area contributed by atoms with E-state index in [2.05, 4.69) is 10.3 Å². The Morgan fingerprint density at radius 2 is 1.81 bits per heavy atom. The molecular weight excluding hydrogens is 357 g/mol. The average Bonchev–Trinajstić information content (AvgIpc) is 3.09. The Labute approximate surface area is 152 Å². The van der Waals surface area contributed by atoms with E-state index < -0.39 is 18.5 Å². The first-order chi connectivity index (χ1) is 12.5. The first kappa shape index (κ1) is 17.6. The number of nitrogens with zero attached hydrogens (tertiary/aromatic N) is 1. The standard InChI is InChI=1S/C18H14FN3O3S/c19-13-5-1-11(2-6-13)15-10-26-18(21-15)22-16(23)9-25-17(24)12-3-7-14(20)8-4-12/h1-8,10H,9,20H2,(H,21,22,23).